The molecule has 0 aliphatic heterocycles. The number of nitriles is 2. The maximum absolute atomic E-state index is 12.3. The van der Waals surface area contributed by atoms with E-state index in [1.165, 1.54) is 0 Å². The number of carbonyl (C=O) groups is 1. The molecule has 0 heterocycles. The van der Waals surface area contributed by atoms with Crippen molar-refractivity contribution in [1.29, 1.82) is 10.5 Å². The lowest BCUT2D eigenvalue weighted by Crippen LogP contribution is -2.34. The SMILES string of the molecule is N#CCCC1(C#N)CCc2ccccc2C1=O. The number of hydrogen-bond donors (Lipinski definition) is 0. The van der Waals surface area contributed by atoms with Crippen LogP contribution in [0.1, 0.15) is 35.2 Å². The summed E-state index contributed by atoms with van der Waals surface area (Å²) in [4.78, 5) is 12.3. The molecule has 3 heteroatoms. The van der Waals surface area contributed by atoms with Crippen LogP contribution in [0.25, 0.3) is 0 Å². The van der Waals surface area contributed by atoms with Gasteiger partial charge in [0.15, 0.2) is 5.78 Å². The first-order valence-electron chi connectivity index (χ1n) is 5.64. The predicted molar refractivity (Wildman–Crippen MR) is 62.0 cm³/mol. The van der Waals surface area contributed by atoms with Gasteiger partial charge in [0.25, 0.3) is 0 Å². The molecule has 84 valence electrons. The lowest BCUT2D eigenvalue weighted by atomic mass is 9.69. The first-order valence-corrected chi connectivity index (χ1v) is 5.64. The Hall–Kier alpha value is -2.13. The van der Waals surface area contributed by atoms with Crippen molar-refractivity contribution in [2.45, 2.75) is 25.7 Å². The third kappa shape index (κ3) is 1.81. The first kappa shape index (κ1) is 11.4. The van der Waals surface area contributed by atoms with E-state index in [1.807, 2.05) is 24.3 Å². The van der Waals surface area contributed by atoms with Gasteiger partial charge in [0.2, 0.25) is 0 Å². The highest BCUT2D eigenvalue weighted by molar-refractivity contribution is 6.04. The molecule has 1 aliphatic rings. The summed E-state index contributed by atoms with van der Waals surface area (Å²) in [6.07, 6.45) is 1.86. The fourth-order valence-electron chi connectivity index (χ4n) is 2.35. The van der Waals surface area contributed by atoms with E-state index >= 15 is 0 Å². The lowest BCUT2D eigenvalue weighted by Gasteiger charge is -2.29. The summed E-state index contributed by atoms with van der Waals surface area (Å²) in [6.45, 7) is 0. The summed E-state index contributed by atoms with van der Waals surface area (Å²) in [5, 5.41) is 17.9. The second kappa shape index (κ2) is 4.39. The van der Waals surface area contributed by atoms with Crippen LogP contribution < -0.4 is 0 Å². The summed E-state index contributed by atoms with van der Waals surface area (Å²) in [5.41, 5.74) is 0.683. The molecule has 0 aromatic heterocycles. The number of nitrogens with zero attached hydrogens (tertiary/aromatic N) is 2. The van der Waals surface area contributed by atoms with Crippen molar-refractivity contribution in [3.8, 4) is 12.1 Å². The van der Waals surface area contributed by atoms with E-state index in [9.17, 15) is 10.1 Å². The van der Waals surface area contributed by atoms with Crippen molar-refractivity contribution in [3.05, 3.63) is 35.4 Å². The molecule has 0 spiro atoms. The Kier molecular flexibility index (Phi) is 2.93. The summed E-state index contributed by atoms with van der Waals surface area (Å²) >= 11 is 0. The van der Waals surface area contributed by atoms with Crippen molar-refractivity contribution in [2.75, 3.05) is 0 Å². The molecule has 0 N–H and O–H groups in total. The van der Waals surface area contributed by atoms with Crippen molar-refractivity contribution in [1.82, 2.24) is 0 Å². The zero-order valence-electron chi connectivity index (χ0n) is 9.44. The standard InChI is InChI=1S/C14H12N2O/c15-9-3-7-14(10-16)8-6-11-4-1-2-5-12(11)13(14)17/h1-2,4-5H,3,6-8H2. The molecule has 2 rings (SSSR count). The molecule has 0 fully saturated rings. The van der Waals surface area contributed by atoms with Gasteiger partial charge in [0, 0.05) is 12.0 Å². The molecule has 1 aliphatic carbocycles. The molecule has 1 aromatic rings. The molecule has 1 unspecified atom stereocenters. The van der Waals surface area contributed by atoms with Crippen molar-refractivity contribution >= 4 is 5.78 Å². The van der Waals surface area contributed by atoms with Gasteiger partial charge in [0.05, 0.1) is 12.1 Å². The number of Topliss-reactive ketones (excluding diaryl/α,β-unsaturated/α-hetero) is 1. The average Bonchev–Trinajstić information content (AvgIpc) is 2.39. The Morgan fingerprint density at radius 3 is 2.76 bits per heavy atom. The molecular formula is C14H12N2O. The van der Waals surface area contributed by atoms with Crippen molar-refractivity contribution in [2.24, 2.45) is 5.41 Å². The van der Waals surface area contributed by atoms with Gasteiger partial charge in [-0.1, -0.05) is 24.3 Å². The van der Waals surface area contributed by atoms with Gasteiger partial charge >= 0.3 is 0 Å². The van der Waals surface area contributed by atoms with E-state index in [0.29, 0.717) is 18.4 Å². The highest BCUT2D eigenvalue weighted by Gasteiger charge is 2.42. The summed E-state index contributed by atoms with van der Waals surface area (Å²) in [5.74, 6) is -0.114. The summed E-state index contributed by atoms with van der Waals surface area (Å²) in [7, 11) is 0. The average molecular weight is 224 g/mol. The van der Waals surface area contributed by atoms with Gasteiger partial charge in [-0.15, -0.1) is 0 Å². The fraction of sp³-hybridized carbons (Fsp3) is 0.357. The van der Waals surface area contributed by atoms with Crippen molar-refractivity contribution in [3.63, 3.8) is 0 Å². The molecule has 0 saturated carbocycles. The third-order valence-corrected chi connectivity index (χ3v) is 3.40. The maximum atomic E-state index is 12.3. The van der Waals surface area contributed by atoms with E-state index in [-0.39, 0.29) is 12.2 Å². The maximum Gasteiger partial charge on any atom is 0.183 e. The van der Waals surface area contributed by atoms with E-state index in [0.717, 1.165) is 12.0 Å². The molecule has 0 bridgehead atoms. The van der Waals surface area contributed by atoms with Crippen LogP contribution in [-0.4, -0.2) is 5.78 Å². The molecule has 0 saturated heterocycles. The number of benzene rings is 1. The zero-order chi connectivity index (χ0) is 12.3. The van der Waals surface area contributed by atoms with E-state index in [4.69, 9.17) is 5.26 Å². The number of ketones is 1. The quantitative estimate of drug-likeness (QED) is 0.775. The van der Waals surface area contributed by atoms with Crippen LogP contribution in [0.4, 0.5) is 0 Å². The van der Waals surface area contributed by atoms with Crippen LogP contribution in [0.15, 0.2) is 24.3 Å². The van der Waals surface area contributed by atoms with Gasteiger partial charge in [-0.25, -0.2) is 0 Å². The second-order valence-corrected chi connectivity index (χ2v) is 4.34. The molecule has 1 aromatic carbocycles. The Morgan fingerprint density at radius 2 is 2.06 bits per heavy atom. The highest BCUT2D eigenvalue weighted by atomic mass is 16.1. The Balaban J connectivity index is 2.39. The van der Waals surface area contributed by atoms with Crippen LogP contribution in [0.2, 0.25) is 0 Å². The Labute approximate surface area is 100 Å². The minimum absolute atomic E-state index is 0.114. The molecular weight excluding hydrogens is 212 g/mol. The number of hydrogen-bond acceptors (Lipinski definition) is 3. The fourth-order valence-corrected chi connectivity index (χ4v) is 2.35. The predicted octanol–water partition coefficient (Wildman–Crippen LogP) is 2.63. The minimum atomic E-state index is -0.982. The third-order valence-electron chi connectivity index (χ3n) is 3.40. The Morgan fingerprint density at radius 1 is 1.29 bits per heavy atom. The van der Waals surface area contributed by atoms with Crippen LogP contribution in [0.3, 0.4) is 0 Å². The van der Waals surface area contributed by atoms with Gasteiger partial charge in [-0.05, 0) is 24.8 Å². The van der Waals surface area contributed by atoms with Crippen LogP contribution in [0.5, 0.6) is 0 Å². The number of fused-ring (bicyclic) bond motifs is 1. The normalized spacial score (nSPS) is 22.4. The first-order chi connectivity index (χ1) is 8.23. The van der Waals surface area contributed by atoms with Crippen LogP contribution >= 0.6 is 0 Å². The second-order valence-electron chi connectivity index (χ2n) is 4.34. The number of rotatable bonds is 2. The monoisotopic (exact) mass is 224 g/mol. The molecule has 0 radical (unpaired) electrons. The number of aryl methyl sites for hydroxylation is 1. The molecule has 17 heavy (non-hydrogen) atoms. The minimum Gasteiger partial charge on any atom is -0.292 e. The number of carbonyl (C=O) groups excluding carboxylic acids is 1. The van der Waals surface area contributed by atoms with E-state index in [1.54, 1.807) is 6.07 Å². The van der Waals surface area contributed by atoms with Gasteiger partial charge in [-0.3, -0.25) is 4.79 Å². The molecule has 0 amide bonds. The highest BCUT2D eigenvalue weighted by Crippen LogP contribution is 2.38. The molecule has 1 atom stereocenters. The van der Waals surface area contributed by atoms with E-state index in [2.05, 4.69) is 6.07 Å². The molecule has 3 nitrogen and oxygen atoms in total. The van der Waals surface area contributed by atoms with Crippen molar-refractivity contribution < 1.29 is 4.79 Å². The van der Waals surface area contributed by atoms with E-state index < -0.39 is 5.41 Å². The largest absolute Gasteiger partial charge is 0.292 e. The smallest absolute Gasteiger partial charge is 0.183 e. The Bertz CT molecular complexity index is 536. The topological polar surface area (TPSA) is 64.7 Å². The van der Waals surface area contributed by atoms with Gasteiger partial charge < -0.3 is 0 Å². The summed E-state index contributed by atoms with van der Waals surface area (Å²) < 4.78 is 0. The van der Waals surface area contributed by atoms with Gasteiger partial charge in [0.1, 0.15) is 5.41 Å². The van der Waals surface area contributed by atoms with Gasteiger partial charge in [-0.2, -0.15) is 10.5 Å². The zero-order valence-corrected chi connectivity index (χ0v) is 9.44. The summed E-state index contributed by atoms with van der Waals surface area (Å²) in [6, 6.07) is 11.6. The van der Waals surface area contributed by atoms with Crippen LogP contribution in [0, 0.1) is 28.1 Å². The lowest BCUT2D eigenvalue weighted by molar-refractivity contribution is 0.0825. The van der Waals surface area contributed by atoms with Crippen LogP contribution in [-0.2, 0) is 6.42 Å².